The van der Waals surface area contributed by atoms with Gasteiger partial charge in [0.1, 0.15) is 11.6 Å². The first-order valence-corrected chi connectivity index (χ1v) is 15.0. The van der Waals surface area contributed by atoms with E-state index in [1.54, 1.807) is 30.8 Å². The fourth-order valence-electron chi connectivity index (χ4n) is 7.35. The number of hydrogen-bond donors (Lipinski definition) is 1. The number of benzene rings is 2. The smallest absolute Gasteiger partial charge is 0.344 e. The average molecular weight is 581 g/mol. The molecule has 3 aromatic rings. The minimum Gasteiger partial charge on any atom is -0.482 e. The van der Waals surface area contributed by atoms with Gasteiger partial charge in [0.2, 0.25) is 11.8 Å². The number of carbonyl (C=O) groups excluding carboxylic acids is 3. The first kappa shape index (κ1) is 25.5. The summed E-state index contributed by atoms with van der Waals surface area (Å²) in [5.74, 6) is -1.70. The largest absolute Gasteiger partial charge is 0.482 e. The number of halogens is 1. The van der Waals surface area contributed by atoms with Crippen LogP contribution in [0.3, 0.4) is 0 Å². The molecule has 0 radical (unpaired) electrons. The second-order valence-electron chi connectivity index (χ2n) is 10.6. The standard InChI is InChI=1S/C29H25FN2O6S2/c1-2-37-19(33)12-38-16-9-3-13(4-10-16)20-21-17-11-18(24(21)39-26-25(20)40-29(36)31-26)23-22(17)27(34)32(28(23)35)15-7-5-14(30)6-8-15/h3-10,17-18,20-24H,2,11-12H2,1H3,(H,31,36)/t17-,18-,20+,21-,22+,23+,24-/m1/s1. The molecule has 2 bridgehead atoms. The number of nitrogens with one attached hydrogen (secondary N) is 1. The van der Waals surface area contributed by atoms with E-state index in [0.717, 1.165) is 21.9 Å². The number of thioether (sulfide) groups is 1. The number of amides is 2. The highest BCUT2D eigenvalue weighted by molar-refractivity contribution is 8.00. The van der Waals surface area contributed by atoms with Crippen molar-refractivity contribution in [2.75, 3.05) is 18.1 Å². The van der Waals surface area contributed by atoms with E-state index in [1.165, 1.54) is 40.5 Å². The molecule has 1 saturated heterocycles. The summed E-state index contributed by atoms with van der Waals surface area (Å²) >= 11 is 2.82. The molecule has 1 N–H and O–H groups in total. The van der Waals surface area contributed by atoms with Crippen molar-refractivity contribution in [3.8, 4) is 5.75 Å². The predicted octanol–water partition coefficient (Wildman–Crippen LogP) is 4.20. The zero-order valence-electron chi connectivity index (χ0n) is 21.4. The van der Waals surface area contributed by atoms with Crippen LogP contribution >= 0.6 is 23.1 Å². The minimum atomic E-state index is -0.442. The number of ether oxygens (including phenoxy) is 2. The topological polar surface area (TPSA) is 106 Å². The molecule has 0 unspecified atom stereocenters. The number of imide groups is 1. The number of aromatic nitrogens is 1. The van der Waals surface area contributed by atoms with E-state index < -0.39 is 23.6 Å². The van der Waals surface area contributed by atoms with Gasteiger partial charge < -0.3 is 14.5 Å². The van der Waals surface area contributed by atoms with Crippen molar-refractivity contribution >= 4 is 46.6 Å². The van der Waals surface area contributed by atoms with Crippen molar-refractivity contribution in [2.24, 2.45) is 29.6 Å². The summed E-state index contributed by atoms with van der Waals surface area (Å²) in [5.41, 5.74) is 1.39. The Labute approximate surface area is 236 Å². The molecular formula is C29H25FN2O6S2. The first-order chi connectivity index (χ1) is 19.4. The Hall–Kier alpha value is -3.44. The Kier molecular flexibility index (Phi) is 6.12. The molecule has 3 fully saturated rings. The van der Waals surface area contributed by atoms with Gasteiger partial charge in [-0.2, -0.15) is 0 Å². The second-order valence-corrected chi connectivity index (χ2v) is 12.8. The maximum Gasteiger partial charge on any atom is 0.344 e. The van der Waals surface area contributed by atoms with Gasteiger partial charge in [0.05, 0.1) is 29.2 Å². The summed E-state index contributed by atoms with van der Waals surface area (Å²) in [6.07, 6.45) is 0.781. The Morgan fingerprint density at radius 1 is 1.02 bits per heavy atom. The summed E-state index contributed by atoms with van der Waals surface area (Å²) in [4.78, 5) is 56.6. The lowest BCUT2D eigenvalue weighted by atomic mass is 9.68. The van der Waals surface area contributed by atoms with E-state index in [4.69, 9.17) is 9.47 Å². The van der Waals surface area contributed by atoms with Gasteiger partial charge in [0.25, 0.3) is 0 Å². The Morgan fingerprint density at radius 3 is 2.42 bits per heavy atom. The molecule has 206 valence electrons. The summed E-state index contributed by atoms with van der Waals surface area (Å²) < 4.78 is 24.1. The summed E-state index contributed by atoms with van der Waals surface area (Å²) in [5, 5.41) is 0.902. The molecule has 2 saturated carbocycles. The first-order valence-electron chi connectivity index (χ1n) is 13.3. The van der Waals surface area contributed by atoms with Gasteiger partial charge in [0, 0.05) is 16.0 Å². The van der Waals surface area contributed by atoms with Crippen molar-refractivity contribution in [3.63, 3.8) is 0 Å². The number of carbonyl (C=O) groups is 3. The third-order valence-corrected chi connectivity index (χ3v) is 11.3. The number of rotatable bonds is 6. The number of fused-ring (bicyclic) bond motifs is 9. The number of anilines is 1. The summed E-state index contributed by atoms with van der Waals surface area (Å²) in [6, 6.07) is 13.0. The Balaban J connectivity index is 1.22. The fourth-order valence-corrected chi connectivity index (χ4v) is 10.2. The lowest BCUT2D eigenvalue weighted by Gasteiger charge is -2.43. The Bertz CT molecular complexity index is 1570. The molecule has 7 atom stereocenters. The molecule has 1 aromatic heterocycles. The van der Waals surface area contributed by atoms with E-state index >= 15 is 0 Å². The minimum absolute atomic E-state index is 0.00173. The van der Waals surface area contributed by atoms with Crippen LogP contribution in [0.15, 0.2) is 58.4 Å². The molecule has 2 aromatic carbocycles. The van der Waals surface area contributed by atoms with Crippen LogP contribution in [-0.4, -0.2) is 41.2 Å². The van der Waals surface area contributed by atoms with Crippen molar-refractivity contribution in [1.82, 2.24) is 4.98 Å². The number of H-pyrrole nitrogens is 1. The molecule has 11 heteroatoms. The highest BCUT2D eigenvalue weighted by Gasteiger charge is 2.69. The van der Waals surface area contributed by atoms with Gasteiger partial charge in [-0.05, 0) is 73.1 Å². The maximum absolute atomic E-state index is 13.8. The Morgan fingerprint density at radius 2 is 1.73 bits per heavy atom. The molecule has 2 aliphatic heterocycles. The van der Waals surface area contributed by atoms with Gasteiger partial charge in [-0.1, -0.05) is 23.5 Å². The van der Waals surface area contributed by atoms with Crippen LogP contribution in [0.2, 0.25) is 0 Å². The lowest BCUT2D eigenvalue weighted by molar-refractivity contribution is -0.145. The number of aromatic amines is 1. The molecular weight excluding hydrogens is 555 g/mol. The lowest BCUT2D eigenvalue weighted by Crippen LogP contribution is -2.42. The van der Waals surface area contributed by atoms with Gasteiger partial charge in [-0.25, -0.2) is 9.18 Å². The van der Waals surface area contributed by atoms with Crippen molar-refractivity contribution < 1.29 is 28.2 Å². The van der Waals surface area contributed by atoms with Crippen molar-refractivity contribution in [2.45, 2.75) is 29.5 Å². The average Bonchev–Trinajstić information content (AvgIpc) is 3.67. The predicted molar refractivity (Wildman–Crippen MR) is 146 cm³/mol. The molecule has 2 aliphatic carbocycles. The monoisotopic (exact) mass is 580 g/mol. The van der Waals surface area contributed by atoms with E-state index in [9.17, 15) is 23.6 Å². The van der Waals surface area contributed by atoms with Crippen LogP contribution in [-0.2, 0) is 19.1 Å². The number of thiazole rings is 1. The quantitative estimate of drug-likeness (QED) is 0.344. The molecule has 0 spiro atoms. The van der Waals surface area contributed by atoms with Crippen LogP contribution < -0.4 is 14.5 Å². The van der Waals surface area contributed by atoms with Gasteiger partial charge >= 0.3 is 10.8 Å². The van der Waals surface area contributed by atoms with E-state index in [-0.39, 0.29) is 58.8 Å². The summed E-state index contributed by atoms with van der Waals surface area (Å²) in [7, 11) is 0. The van der Waals surface area contributed by atoms with Crippen LogP contribution in [0.4, 0.5) is 10.1 Å². The van der Waals surface area contributed by atoms with E-state index in [1.807, 2.05) is 12.1 Å². The van der Waals surface area contributed by atoms with Crippen LogP contribution in [0.1, 0.15) is 29.7 Å². The third-order valence-electron chi connectivity index (χ3n) is 8.71. The van der Waals surface area contributed by atoms with E-state index in [2.05, 4.69) is 4.98 Å². The molecule has 4 aliphatic rings. The second kappa shape index (κ2) is 9.59. The molecule has 2 amide bonds. The van der Waals surface area contributed by atoms with Gasteiger partial charge in [-0.15, -0.1) is 11.8 Å². The zero-order valence-corrected chi connectivity index (χ0v) is 23.0. The molecule has 40 heavy (non-hydrogen) atoms. The molecule has 8 nitrogen and oxygen atoms in total. The van der Waals surface area contributed by atoms with Crippen molar-refractivity contribution in [3.05, 3.63) is 74.5 Å². The third kappa shape index (κ3) is 3.85. The zero-order chi connectivity index (χ0) is 27.7. The SMILES string of the molecule is CCOC(=O)COc1ccc([C@@H]2c3sc(=O)[nH]c3S[C@@H]3[C@@H]4C[C@@H]([C@@H]5C(=O)N(c6ccc(F)cc6)C(=O)[C@@H]45)[C@H]23)cc1. The van der Waals surface area contributed by atoms with Gasteiger partial charge in [0.15, 0.2) is 6.61 Å². The normalized spacial score (nSPS) is 29.8. The van der Waals surface area contributed by atoms with E-state index in [0.29, 0.717) is 11.4 Å². The number of hydrogen-bond acceptors (Lipinski definition) is 8. The highest BCUT2D eigenvalue weighted by Crippen LogP contribution is 2.68. The molecule has 7 rings (SSSR count). The summed E-state index contributed by atoms with van der Waals surface area (Å²) in [6.45, 7) is 1.83. The van der Waals surface area contributed by atoms with Crippen LogP contribution in [0, 0.1) is 35.4 Å². The van der Waals surface area contributed by atoms with Crippen LogP contribution in [0.5, 0.6) is 5.75 Å². The highest BCUT2D eigenvalue weighted by atomic mass is 32.2. The maximum atomic E-state index is 13.8. The van der Waals surface area contributed by atoms with Crippen LogP contribution in [0.25, 0.3) is 0 Å². The van der Waals surface area contributed by atoms with Gasteiger partial charge in [-0.3, -0.25) is 19.3 Å². The molecule has 3 heterocycles. The number of nitrogens with zero attached hydrogens (tertiary/aromatic N) is 1. The van der Waals surface area contributed by atoms with Crippen molar-refractivity contribution in [1.29, 1.82) is 0 Å². The number of esters is 1. The fraction of sp³-hybridized carbons (Fsp3) is 0.379.